The Bertz CT molecular complexity index is 1050. The minimum absolute atomic E-state index is 0.0239. The normalized spacial score (nSPS) is 15.4. The molecule has 4 rings (SSSR count). The van der Waals surface area contributed by atoms with Gasteiger partial charge in [0, 0.05) is 31.9 Å². The summed E-state index contributed by atoms with van der Waals surface area (Å²) in [6.45, 7) is 3.18. The lowest BCUT2D eigenvalue weighted by atomic mass is 10.1. The second-order valence-electron chi connectivity index (χ2n) is 6.52. The highest BCUT2D eigenvalue weighted by molar-refractivity contribution is 6.00. The van der Waals surface area contributed by atoms with Crippen molar-refractivity contribution in [2.45, 2.75) is 13.1 Å². The fraction of sp³-hybridized carbons (Fsp3) is 0.412. The van der Waals surface area contributed by atoms with E-state index in [1.165, 1.54) is 9.58 Å². The SMILES string of the molecule is Cc1nn(C)cc1-c1cc(C(F)(F)F)n2ncc(C(=O)N3CCOCC3)c2n1. The van der Waals surface area contributed by atoms with Gasteiger partial charge in [0.05, 0.1) is 30.8 Å². The van der Waals surface area contributed by atoms with Crippen LogP contribution in [0.4, 0.5) is 13.2 Å². The Hall–Kier alpha value is -2.95. The molecule has 1 saturated heterocycles. The molecule has 0 radical (unpaired) electrons. The summed E-state index contributed by atoms with van der Waals surface area (Å²) in [5.74, 6) is -0.418. The molecule has 0 saturated carbocycles. The highest BCUT2D eigenvalue weighted by Crippen LogP contribution is 2.33. The van der Waals surface area contributed by atoms with Crippen LogP contribution in [0.15, 0.2) is 18.5 Å². The largest absolute Gasteiger partial charge is 0.433 e. The molecule has 0 N–H and O–H groups in total. The van der Waals surface area contributed by atoms with Gasteiger partial charge in [0.1, 0.15) is 5.56 Å². The topological polar surface area (TPSA) is 77.6 Å². The Morgan fingerprint density at radius 2 is 1.96 bits per heavy atom. The zero-order valence-electron chi connectivity index (χ0n) is 15.2. The predicted octanol–water partition coefficient (Wildman–Crippen LogP) is 1.93. The Kier molecular flexibility index (Phi) is 4.33. The van der Waals surface area contributed by atoms with Gasteiger partial charge in [-0.05, 0) is 13.0 Å². The van der Waals surface area contributed by atoms with Gasteiger partial charge < -0.3 is 9.64 Å². The number of aryl methyl sites for hydroxylation is 2. The number of carbonyl (C=O) groups excluding carboxylic acids is 1. The van der Waals surface area contributed by atoms with Gasteiger partial charge in [-0.2, -0.15) is 23.4 Å². The smallest absolute Gasteiger partial charge is 0.378 e. The van der Waals surface area contributed by atoms with Crippen molar-refractivity contribution in [3.8, 4) is 11.3 Å². The van der Waals surface area contributed by atoms with Gasteiger partial charge in [0.25, 0.3) is 5.91 Å². The molecule has 0 unspecified atom stereocenters. The number of carbonyl (C=O) groups is 1. The van der Waals surface area contributed by atoms with Gasteiger partial charge in [-0.25, -0.2) is 9.50 Å². The first-order valence-electron chi connectivity index (χ1n) is 8.59. The molecule has 4 heterocycles. The molecule has 1 amide bonds. The first-order valence-corrected chi connectivity index (χ1v) is 8.59. The first-order chi connectivity index (χ1) is 13.3. The van der Waals surface area contributed by atoms with Crippen LogP contribution < -0.4 is 0 Å². The third kappa shape index (κ3) is 3.11. The Labute approximate surface area is 157 Å². The van der Waals surface area contributed by atoms with E-state index in [1.54, 1.807) is 20.2 Å². The maximum absolute atomic E-state index is 13.7. The molecule has 28 heavy (non-hydrogen) atoms. The molecule has 3 aromatic rings. The van der Waals surface area contributed by atoms with Crippen molar-refractivity contribution in [3.63, 3.8) is 0 Å². The van der Waals surface area contributed by atoms with Crippen LogP contribution in [0, 0.1) is 6.92 Å². The molecule has 0 spiro atoms. The standard InChI is InChI=1S/C17H17F3N6O2/c1-10-12(9-24(2)23-10)13-7-14(17(18,19)20)26-15(22-13)11(8-21-26)16(27)25-3-5-28-6-4-25/h7-9H,3-6H2,1-2H3. The van der Waals surface area contributed by atoms with Crippen LogP contribution in [0.3, 0.4) is 0 Å². The average molecular weight is 394 g/mol. The predicted molar refractivity (Wildman–Crippen MR) is 91.7 cm³/mol. The number of morpholine rings is 1. The maximum atomic E-state index is 13.7. The average Bonchev–Trinajstić information content (AvgIpc) is 3.22. The molecular formula is C17H17F3N6O2. The fourth-order valence-corrected chi connectivity index (χ4v) is 3.24. The minimum Gasteiger partial charge on any atom is -0.378 e. The second-order valence-corrected chi connectivity index (χ2v) is 6.52. The molecule has 3 aromatic heterocycles. The van der Waals surface area contributed by atoms with Crippen molar-refractivity contribution in [2.75, 3.05) is 26.3 Å². The molecule has 0 atom stereocenters. The zero-order chi connectivity index (χ0) is 20.1. The number of hydrogen-bond donors (Lipinski definition) is 0. The second kappa shape index (κ2) is 6.59. The van der Waals surface area contributed by atoms with Gasteiger partial charge >= 0.3 is 6.18 Å². The summed E-state index contributed by atoms with van der Waals surface area (Å²) in [6, 6.07) is 0.924. The van der Waals surface area contributed by atoms with Crippen LogP contribution in [0.5, 0.6) is 0 Å². The van der Waals surface area contributed by atoms with E-state index in [-0.39, 0.29) is 16.9 Å². The molecule has 0 bridgehead atoms. The Balaban J connectivity index is 1.90. The monoisotopic (exact) mass is 394 g/mol. The van der Waals surface area contributed by atoms with Crippen LogP contribution in [-0.4, -0.2) is 61.5 Å². The minimum atomic E-state index is -4.67. The number of aromatic nitrogens is 5. The van der Waals surface area contributed by atoms with Gasteiger partial charge in [0.2, 0.25) is 0 Å². The molecule has 1 fully saturated rings. The van der Waals surface area contributed by atoms with Crippen molar-refractivity contribution in [1.82, 2.24) is 29.3 Å². The number of halogens is 3. The number of hydrogen-bond acceptors (Lipinski definition) is 5. The molecule has 11 heteroatoms. The maximum Gasteiger partial charge on any atom is 0.433 e. The molecule has 0 aromatic carbocycles. The van der Waals surface area contributed by atoms with Gasteiger partial charge in [-0.3, -0.25) is 9.48 Å². The van der Waals surface area contributed by atoms with Gasteiger partial charge in [-0.1, -0.05) is 0 Å². The molecule has 1 aliphatic rings. The lowest BCUT2D eigenvalue weighted by Crippen LogP contribution is -2.40. The van der Waals surface area contributed by atoms with Gasteiger partial charge in [0.15, 0.2) is 11.3 Å². The van der Waals surface area contributed by atoms with E-state index in [0.29, 0.717) is 42.1 Å². The van der Waals surface area contributed by atoms with E-state index in [1.807, 2.05) is 0 Å². The summed E-state index contributed by atoms with van der Waals surface area (Å²) in [5, 5.41) is 7.96. The summed E-state index contributed by atoms with van der Waals surface area (Å²) in [6.07, 6.45) is -1.94. The molecule has 1 aliphatic heterocycles. The van der Waals surface area contributed by atoms with Crippen LogP contribution in [-0.2, 0) is 18.0 Å². The molecule has 0 aliphatic carbocycles. The van der Waals surface area contributed by atoms with E-state index in [0.717, 1.165) is 12.3 Å². The number of alkyl halides is 3. The van der Waals surface area contributed by atoms with Crippen molar-refractivity contribution in [3.05, 3.63) is 35.4 Å². The quantitative estimate of drug-likeness (QED) is 0.664. The summed E-state index contributed by atoms with van der Waals surface area (Å²) >= 11 is 0. The van der Waals surface area contributed by atoms with E-state index in [4.69, 9.17) is 4.74 Å². The van der Waals surface area contributed by atoms with Crippen LogP contribution >= 0.6 is 0 Å². The highest BCUT2D eigenvalue weighted by Gasteiger charge is 2.36. The lowest BCUT2D eigenvalue weighted by Gasteiger charge is -2.26. The van der Waals surface area contributed by atoms with Crippen LogP contribution in [0.1, 0.15) is 21.7 Å². The van der Waals surface area contributed by atoms with Crippen LogP contribution in [0.2, 0.25) is 0 Å². The van der Waals surface area contributed by atoms with E-state index < -0.39 is 17.8 Å². The summed E-state index contributed by atoms with van der Waals surface area (Å²) < 4.78 is 48.4. The molecular weight excluding hydrogens is 377 g/mol. The molecule has 148 valence electrons. The Morgan fingerprint density at radius 3 is 2.57 bits per heavy atom. The van der Waals surface area contributed by atoms with Crippen molar-refractivity contribution in [2.24, 2.45) is 7.05 Å². The fourth-order valence-electron chi connectivity index (χ4n) is 3.24. The number of fused-ring (bicyclic) bond motifs is 1. The third-order valence-corrected chi connectivity index (χ3v) is 4.58. The van der Waals surface area contributed by atoms with Gasteiger partial charge in [-0.15, -0.1) is 0 Å². The van der Waals surface area contributed by atoms with Crippen LogP contribution in [0.25, 0.3) is 16.9 Å². The van der Waals surface area contributed by atoms with E-state index in [2.05, 4.69) is 15.2 Å². The summed E-state index contributed by atoms with van der Waals surface area (Å²) in [4.78, 5) is 18.7. The summed E-state index contributed by atoms with van der Waals surface area (Å²) in [7, 11) is 1.67. The molecule has 8 nitrogen and oxygen atoms in total. The lowest BCUT2D eigenvalue weighted by molar-refractivity contribution is -0.142. The number of ether oxygens (including phenoxy) is 1. The first kappa shape index (κ1) is 18.4. The number of rotatable bonds is 2. The van der Waals surface area contributed by atoms with Crippen molar-refractivity contribution < 1.29 is 22.7 Å². The van der Waals surface area contributed by atoms with Crippen molar-refractivity contribution in [1.29, 1.82) is 0 Å². The summed E-state index contributed by atoms with van der Waals surface area (Å²) in [5.41, 5.74) is -0.0337. The van der Waals surface area contributed by atoms with E-state index >= 15 is 0 Å². The highest BCUT2D eigenvalue weighted by atomic mass is 19.4. The Morgan fingerprint density at radius 1 is 1.25 bits per heavy atom. The zero-order valence-corrected chi connectivity index (χ0v) is 15.2. The third-order valence-electron chi connectivity index (χ3n) is 4.58. The number of nitrogens with zero attached hydrogens (tertiary/aromatic N) is 6. The van der Waals surface area contributed by atoms with E-state index in [9.17, 15) is 18.0 Å². The van der Waals surface area contributed by atoms with Crippen molar-refractivity contribution >= 4 is 11.6 Å². The number of amides is 1.